The van der Waals surface area contributed by atoms with Crippen LogP contribution in [0.15, 0.2) is 42.7 Å². The molecule has 1 aliphatic heterocycles. The molecule has 3 aromatic heterocycles. The molecule has 1 aliphatic rings. The normalized spacial score (nSPS) is 17.4. The summed E-state index contributed by atoms with van der Waals surface area (Å²) in [6, 6.07) is 10.5. The standard InChI is InChI=1S/C18H20N6/c1-13-11-14(2)24(22-13)18-8-7-17(20-21-18)23-10-4-6-16(23)15-5-3-9-19-12-15/h3,5,7-9,11-12,16H,4,6,10H2,1-2H3. The average Bonchev–Trinajstić information content (AvgIpc) is 3.22. The summed E-state index contributed by atoms with van der Waals surface area (Å²) in [4.78, 5) is 6.56. The van der Waals surface area contributed by atoms with Gasteiger partial charge in [-0.3, -0.25) is 4.98 Å². The van der Waals surface area contributed by atoms with Crippen LogP contribution < -0.4 is 4.90 Å². The number of rotatable bonds is 3. The third-order valence-electron chi connectivity index (χ3n) is 4.48. The molecule has 3 aromatic rings. The van der Waals surface area contributed by atoms with E-state index in [1.807, 2.05) is 55.2 Å². The van der Waals surface area contributed by atoms with E-state index in [-0.39, 0.29) is 0 Å². The highest BCUT2D eigenvalue weighted by atomic mass is 15.4. The topological polar surface area (TPSA) is 59.7 Å². The van der Waals surface area contributed by atoms with Gasteiger partial charge >= 0.3 is 0 Å². The minimum absolute atomic E-state index is 0.326. The molecule has 0 N–H and O–H groups in total. The largest absolute Gasteiger partial charge is 0.348 e. The molecule has 0 bridgehead atoms. The first-order valence-electron chi connectivity index (χ1n) is 8.26. The molecule has 0 aliphatic carbocycles. The van der Waals surface area contributed by atoms with Gasteiger partial charge in [-0.1, -0.05) is 6.07 Å². The lowest BCUT2D eigenvalue weighted by atomic mass is 10.1. The van der Waals surface area contributed by atoms with Gasteiger partial charge in [-0.2, -0.15) is 5.10 Å². The Labute approximate surface area is 141 Å². The predicted molar refractivity (Wildman–Crippen MR) is 92.2 cm³/mol. The highest BCUT2D eigenvalue weighted by molar-refractivity contribution is 5.44. The number of anilines is 1. The molecule has 0 aromatic carbocycles. The van der Waals surface area contributed by atoms with E-state index in [1.165, 1.54) is 5.56 Å². The number of nitrogens with zero attached hydrogens (tertiary/aromatic N) is 6. The van der Waals surface area contributed by atoms with Crippen LogP contribution in [0.3, 0.4) is 0 Å². The fourth-order valence-corrected chi connectivity index (χ4v) is 3.41. The summed E-state index contributed by atoms with van der Waals surface area (Å²) in [6.07, 6.45) is 6.03. The summed E-state index contributed by atoms with van der Waals surface area (Å²) in [5.74, 6) is 1.66. The van der Waals surface area contributed by atoms with Crippen molar-refractivity contribution < 1.29 is 0 Å². The van der Waals surface area contributed by atoms with Crippen LogP contribution in [0.5, 0.6) is 0 Å². The van der Waals surface area contributed by atoms with Crippen molar-refractivity contribution in [3.05, 3.63) is 59.7 Å². The molecule has 0 radical (unpaired) electrons. The highest BCUT2D eigenvalue weighted by Crippen LogP contribution is 2.34. The predicted octanol–water partition coefficient (Wildman–Crippen LogP) is 3.02. The van der Waals surface area contributed by atoms with Gasteiger partial charge in [0.15, 0.2) is 11.6 Å². The zero-order chi connectivity index (χ0) is 16.5. The second kappa shape index (κ2) is 6.03. The summed E-state index contributed by atoms with van der Waals surface area (Å²) in [7, 11) is 0. The molecule has 24 heavy (non-hydrogen) atoms. The van der Waals surface area contributed by atoms with Crippen LogP contribution in [0, 0.1) is 13.8 Å². The zero-order valence-electron chi connectivity index (χ0n) is 13.9. The lowest BCUT2D eigenvalue weighted by Crippen LogP contribution is -2.24. The van der Waals surface area contributed by atoms with E-state index in [1.54, 1.807) is 0 Å². The molecular weight excluding hydrogens is 300 g/mol. The van der Waals surface area contributed by atoms with Crippen LogP contribution in [-0.2, 0) is 0 Å². The minimum Gasteiger partial charge on any atom is -0.348 e. The Morgan fingerprint density at radius 2 is 1.92 bits per heavy atom. The van der Waals surface area contributed by atoms with Gasteiger partial charge in [0.25, 0.3) is 0 Å². The molecule has 1 atom stereocenters. The first-order valence-corrected chi connectivity index (χ1v) is 8.26. The Kier molecular flexibility index (Phi) is 3.72. The van der Waals surface area contributed by atoms with Crippen LogP contribution in [-0.4, -0.2) is 31.5 Å². The van der Waals surface area contributed by atoms with E-state index in [9.17, 15) is 0 Å². The van der Waals surface area contributed by atoms with Gasteiger partial charge < -0.3 is 4.90 Å². The molecular formula is C18H20N6. The fraction of sp³-hybridized carbons (Fsp3) is 0.333. The second-order valence-electron chi connectivity index (χ2n) is 6.23. The van der Waals surface area contributed by atoms with Crippen molar-refractivity contribution in [3.8, 4) is 5.82 Å². The van der Waals surface area contributed by atoms with E-state index >= 15 is 0 Å². The number of hydrogen-bond donors (Lipinski definition) is 0. The Hall–Kier alpha value is -2.76. The molecule has 0 amide bonds. The van der Waals surface area contributed by atoms with Crippen LogP contribution in [0.1, 0.15) is 35.8 Å². The molecule has 4 heterocycles. The summed E-state index contributed by atoms with van der Waals surface area (Å²) in [5, 5.41) is 13.3. The molecule has 1 unspecified atom stereocenters. The lowest BCUT2D eigenvalue weighted by molar-refractivity contribution is 0.697. The SMILES string of the molecule is Cc1cc(C)n(-c2ccc(N3CCCC3c3cccnc3)nn2)n1. The minimum atomic E-state index is 0.326. The molecule has 6 nitrogen and oxygen atoms in total. The number of aryl methyl sites for hydroxylation is 2. The van der Waals surface area contributed by atoms with Gasteiger partial charge in [-0.25, -0.2) is 4.68 Å². The summed E-state index contributed by atoms with van der Waals surface area (Å²) < 4.78 is 1.83. The Morgan fingerprint density at radius 3 is 2.58 bits per heavy atom. The van der Waals surface area contributed by atoms with E-state index in [4.69, 9.17) is 0 Å². The van der Waals surface area contributed by atoms with Crippen molar-refractivity contribution in [2.24, 2.45) is 0 Å². The molecule has 6 heteroatoms. The van der Waals surface area contributed by atoms with Gasteiger partial charge in [0.05, 0.1) is 11.7 Å². The number of aromatic nitrogens is 5. The molecule has 0 spiro atoms. The van der Waals surface area contributed by atoms with Gasteiger partial charge in [-0.05, 0) is 56.5 Å². The molecule has 0 saturated carbocycles. The first kappa shape index (κ1) is 14.8. The van der Waals surface area contributed by atoms with E-state index in [2.05, 4.69) is 31.2 Å². The smallest absolute Gasteiger partial charge is 0.176 e. The zero-order valence-corrected chi connectivity index (χ0v) is 13.9. The highest BCUT2D eigenvalue weighted by Gasteiger charge is 2.27. The molecule has 4 rings (SSSR count). The van der Waals surface area contributed by atoms with Crippen molar-refractivity contribution in [3.63, 3.8) is 0 Å². The van der Waals surface area contributed by atoms with E-state index < -0.39 is 0 Å². The van der Waals surface area contributed by atoms with Crippen LogP contribution in [0.2, 0.25) is 0 Å². The quantitative estimate of drug-likeness (QED) is 0.742. The molecule has 122 valence electrons. The summed E-state index contributed by atoms with van der Waals surface area (Å²) in [6.45, 7) is 5.00. The van der Waals surface area contributed by atoms with Crippen molar-refractivity contribution >= 4 is 5.82 Å². The summed E-state index contributed by atoms with van der Waals surface area (Å²) >= 11 is 0. The Morgan fingerprint density at radius 1 is 1.08 bits per heavy atom. The van der Waals surface area contributed by atoms with Crippen molar-refractivity contribution in [1.29, 1.82) is 0 Å². The summed E-state index contributed by atoms with van der Waals surface area (Å²) in [5.41, 5.74) is 3.28. The monoisotopic (exact) mass is 320 g/mol. The van der Waals surface area contributed by atoms with Crippen molar-refractivity contribution in [2.45, 2.75) is 32.7 Å². The van der Waals surface area contributed by atoms with Gasteiger partial charge in [-0.15, -0.1) is 10.2 Å². The fourth-order valence-electron chi connectivity index (χ4n) is 3.41. The third-order valence-corrected chi connectivity index (χ3v) is 4.48. The maximum atomic E-state index is 4.46. The van der Waals surface area contributed by atoms with Gasteiger partial charge in [0.1, 0.15) is 0 Å². The van der Waals surface area contributed by atoms with Crippen LogP contribution in [0.4, 0.5) is 5.82 Å². The van der Waals surface area contributed by atoms with E-state index in [0.29, 0.717) is 6.04 Å². The Bertz CT molecular complexity index is 824. The molecule has 1 saturated heterocycles. The van der Waals surface area contributed by atoms with E-state index in [0.717, 1.165) is 42.4 Å². The van der Waals surface area contributed by atoms with Crippen LogP contribution >= 0.6 is 0 Å². The first-order chi connectivity index (χ1) is 11.7. The number of pyridine rings is 1. The maximum Gasteiger partial charge on any atom is 0.176 e. The van der Waals surface area contributed by atoms with Crippen LogP contribution in [0.25, 0.3) is 5.82 Å². The number of hydrogen-bond acceptors (Lipinski definition) is 5. The lowest BCUT2D eigenvalue weighted by Gasteiger charge is -2.25. The average molecular weight is 320 g/mol. The second-order valence-corrected chi connectivity index (χ2v) is 6.23. The maximum absolute atomic E-state index is 4.46. The van der Waals surface area contributed by atoms with Crippen molar-refractivity contribution in [2.75, 3.05) is 11.4 Å². The third kappa shape index (κ3) is 2.64. The Balaban J connectivity index is 1.61. The van der Waals surface area contributed by atoms with Gasteiger partial charge in [0.2, 0.25) is 0 Å². The molecule has 1 fully saturated rings. The van der Waals surface area contributed by atoms with Gasteiger partial charge in [0, 0.05) is 24.6 Å². The van der Waals surface area contributed by atoms with Crippen molar-refractivity contribution in [1.82, 2.24) is 25.0 Å².